The van der Waals surface area contributed by atoms with Crippen LogP contribution in [0.5, 0.6) is 0 Å². The van der Waals surface area contributed by atoms with Gasteiger partial charge in [-0.15, -0.1) is 0 Å². The molecule has 3 N–H and O–H groups in total. The van der Waals surface area contributed by atoms with Crippen molar-refractivity contribution < 1.29 is 36.5 Å². The fourth-order valence-electron chi connectivity index (χ4n) is 5.71. The molecule has 244 valence electrons. The molecule has 1 aromatic heterocycles. The van der Waals surface area contributed by atoms with Gasteiger partial charge in [0.05, 0.1) is 53.4 Å². The van der Waals surface area contributed by atoms with Crippen LogP contribution in [0.3, 0.4) is 0 Å². The lowest BCUT2D eigenvalue weighted by atomic mass is 10.1. The van der Waals surface area contributed by atoms with E-state index in [0.717, 1.165) is 16.7 Å². The smallest absolute Gasteiger partial charge is 0.282 e. The minimum atomic E-state index is -4.15. The van der Waals surface area contributed by atoms with Gasteiger partial charge in [0.1, 0.15) is 12.8 Å². The number of rotatable bonds is 14. The summed E-state index contributed by atoms with van der Waals surface area (Å²) in [5.41, 5.74) is 9.29. The van der Waals surface area contributed by atoms with Gasteiger partial charge in [-0.2, -0.15) is 8.42 Å². The molecule has 2 heterocycles. The Bertz CT molecular complexity index is 1750. The summed E-state index contributed by atoms with van der Waals surface area (Å²) in [4.78, 5) is 25.5. The number of nitrogens with zero attached hydrogens (tertiary/aromatic N) is 4. The zero-order chi connectivity index (χ0) is 33.1. The number of anilines is 2. The number of primary amides is 1. The standard InChI is InChI=1S/C30H36Cl2FN5O6S/c1-5-36-26-15-20(29(34)39)22(32)17-27(26)37(6-2)30(36)23(33)10-7-8-11-28-35(3)24-16-21(31)19(18-44-43-4)14-25(24)38(28)12-9-13-45(40,41)42/h7-8,10-11,14-17,23,30H,5-6,9,12-13,18H2,1-4H3,(H2-,34,39,40,41,42)/p+1/b10-7-,11-8+. The predicted molar refractivity (Wildman–Crippen MR) is 174 cm³/mol. The van der Waals surface area contributed by atoms with Crippen LogP contribution in [0.2, 0.25) is 10.0 Å². The minimum absolute atomic E-state index is 0.0988. The van der Waals surface area contributed by atoms with Gasteiger partial charge in [0, 0.05) is 37.2 Å². The van der Waals surface area contributed by atoms with Crippen LogP contribution in [0.4, 0.5) is 15.8 Å². The second-order valence-corrected chi connectivity index (χ2v) is 12.8. The highest BCUT2D eigenvalue weighted by Gasteiger charge is 2.39. The van der Waals surface area contributed by atoms with Gasteiger partial charge >= 0.3 is 0 Å². The molecule has 0 fully saturated rings. The highest BCUT2D eigenvalue weighted by atomic mass is 35.5. The lowest BCUT2D eigenvalue weighted by Gasteiger charge is -2.33. The van der Waals surface area contributed by atoms with Crippen molar-refractivity contribution in [3.05, 3.63) is 69.5 Å². The minimum Gasteiger partial charge on any atom is -0.366 e. The molecule has 4 rings (SSSR count). The molecule has 1 aliphatic rings. The third kappa shape index (κ3) is 7.45. The van der Waals surface area contributed by atoms with Gasteiger partial charge in [0.15, 0.2) is 17.2 Å². The van der Waals surface area contributed by atoms with E-state index in [1.165, 1.54) is 13.2 Å². The fraction of sp³-hybridized carbons (Fsp3) is 0.400. The Labute approximate surface area is 271 Å². The summed E-state index contributed by atoms with van der Waals surface area (Å²) >= 11 is 12.8. The van der Waals surface area contributed by atoms with Gasteiger partial charge in [0.2, 0.25) is 5.91 Å². The summed E-state index contributed by atoms with van der Waals surface area (Å²) < 4.78 is 51.8. The van der Waals surface area contributed by atoms with Crippen LogP contribution in [0.25, 0.3) is 17.1 Å². The Hall–Kier alpha value is -3.20. The maximum absolute atomic E-state index is 16.0. The van der Waals surface area contributed by atoms with E-state index in [0.29, 0.717) is 35.2 Å². The van der Waals surface area contributed by atoms with E-state index >= 15 is 4.39 Å². The molecular formula is C30H37Cl2FN5O6S+. The number of carbonyl (C=O) groups excluding carboxylic acids is 1. The van der Waals surface area contributed by atoms with Gasteiger partial charge in [0.25, 0.3) is 15.9 Å². The predicted octanol–water partition coefficient (Wildman–Crippen LogP) is 4.83. The van der Waals surface area contributed by atoms with E-state index < -0.39 is 34.1 Å². The number of amides is 1. The summed E-state index contributed by atoms with van der Waals surface area (Å²) in [6.45, 7) is 5.18. The van der Waals surface area contributed by atoms with Gasteiger partial charge in [-0.1, -0.05) is 35.4 Å². The molecule has 2 atom stereocenters. The van der Waals surface area contributed by atoms with Crippen molar-refractivity contribution in [1.29, 1.82) is 0 Å². The Kier molecular flexibility index (Phi) is 11.2. The lowest BCUT2D eigenvalue weighted by molar-refractivity contribution is -0.647. The number of aromatic nitrogens is 2. The number of allylic oxidation sites excluding steroid dienone is 2. The van der Waals surface area contributed by atoms with Gasteiger partial charge in [-0.25, -0.2) is 23.3 Å². The van der Waals surface area contributed by atoms with E-state index in [4.69, 9.17) is 38.7 Å². The van der Waals surface area contributed by atoms with Crippen LogP contribution in [-0.4, -0.2) is 61.7 Å². The Balaban J connectivity index is 1.65. The molecule has 0 spiro atoms. The van der Waals surface area contributed by atoms with Crippen molar-refractivity contribution in [1.82, 2.24) is 4.57 Å². The Morgan fingerprint density at radius 3 is 2.40 bits per heavy atom. The van der Waals surface area contributed by atoms with Crippen LogP contribution < -0.4 is 20.1 Å². The molecule has 0 radical (unpaired) electrons. The van der Waals surface area contributed by atoms with Crippen molar-refractivity contribution in [3.63, 3.8) is 0 Å². The largest absolute Gasteiger partial charge is 0.366 e. The summed E-state index contributed by atoms with van der Waals surface area (Å²) in [6.07, 6.45) is 4.62. The number of fused-ring (bicyclic) bond motifs is 2. The van der Waals surface area contributed by atoms with E-state index in [1.54, 1.807) is 36.4 Å². The molecule has 11 nitrogen and oxygen atoms in total. The van der Waals surface area contributed by atoms with E-state index in [9.17, 15) is 17.8 Å². The maximum atomic E-state index is 16.0. The van der Waals surface area contributed by atoms with Gasteiger partial charge in [-0.05, 0) is 38.1 Å². The Morgan fingerprint density at radius 1 is 1.13 bits per heavy atom. The average molecular weight is 686 g/mol. The average Bonchev–Trinajstić information content (AvgIpc) is 3.42. The van der Waals surface area contributed by atoms with E-state index in [1.807, 2.05) is 45.9 Å². The first-order chi connectivity index (χ1) is 21.3. The second kappa shape index (κ2) is 14.5. The van der Waals surface area contributed by atoms with Crippen LogP contribution in [-0.2, 0) is 40.1 Å². The van der Waals surface area contributed by atoms with Gasteiger partial charge in [-0.3, -0.25) is 9.35 Å². The quantitative estimate of drug-likeness (QED) is 0.0812. The SMILES string of the molecule is CCN1c2cc(Cl)c(C(N)=O)cc2N(CC)C1C(F)/C=C\C=C\c1n(CCCS(=O)(=O)O)c2cc(COOC)c(Cl)cc2[n+]1C. The number of nitrogens with two attached hydrogens (primary N) is 1. The van der Waals surface area contributed by atoms with E-state index in [-0.39, 0.29) is 30.2 Å². The number of carbonyl (C=O) groups is 1. The van der Waals surface area contributed by atoms with Crippen molar-refractivity contribution in [2.75, 3.05) is 35.8 Å². The molecule has 0 bridgehead atoms. The number of alkyl halides is 1. The maximum Gasteiger partial charge on any atom is 0.282 e. The monoisotopic (exact) mass is 684 g/mol. The van der Waals surface area contributed by atoms with Gasteiger partial charge < -0.3 is 15.5 Å². The molecule has 15 heteroatoms. The zero-order valence-corrected chi connectivity index (χ0v) is 27.7. The van der Waals surface area contributed by atoms with E-state index in [2.05, 4.69) is 0 Å². The molecule has 0 saturated heterocycles. The van der Waals surface area contributed by atoms with Crippen LogP contribution >= 0.6 is 23.2 Å². The molecule has 1 aliphatic heterocycles. The van der Waals surface area contributed by atoms with Crippen LogP contribution in [0.1, 0.15) is 42.0 Å². The first kappa shape index (κ1) is 34.7. The van der Waals surface area contributed by atoms with Crippen molar-refractivity contribution in [2.45, 2.75) is 45.8 Å². The van der Waals surface area contributed by atoms with Crippen LogP contribution in [0, 0.1) is 0 Å². The van der Waals surface area contributed by atoms with Crippen molar-refractivity contribution >= 4 is 67.7 Å². The molecule has 1 amide bonds. The number of imidazole rings is 1. The summed E-state index contributed by atoms with van der Waals surface area (Å²) in [5.74, 6) is -0.375. The fourth-order valence-corrected chi connectivity index (χ4v) is 6.66. The number of hydrogen-bond donors (Lipinski definition) is 2. The number of benzene rings is 2. The number of halogens is 3. The molecule has 0 saturated carbocycles. The second-order valence-electron chi connectivity index (χ2n) is 10.4. The molecule has 3 aromatic rings. The van der Waals surface area contributed by atoms with Crippen LogP contribution in [0.15, 0.2) is 42.5 Å². The molecular weight excluding hydrogens is 648 g/mol. The molecule has 45 heavy (non-hydrogen) atoms. The van der Waals surface area contributed by atoms with Crippen molar-refractivity contribution in [2.24, 2.45) is 12.8 Å². The first-order valence-corrected chi connectivity index (χ1v) is 16.7. The number of aryl methyl sites for hydroxylation is 2. The highest BCUT2D eigenvalue weighted by Crippen LogP contribution is 2.44. The van der Waals surface area contributed by atoms with Crippen molar-refractivity contribution in [3.8, 4) is 0 Å². The lowest BCUT2D eigenvalue weighted by Crippen LogP contribution is -2.49. The molecule has 0 aliphatic carbocycles. The zero-order valence-electron chi connectivity index (χ0n) is 25.4. The third-order valence-corrected chi connectivity index (χ3v) is 9.21. The molecule has 2 aromatic carbocycles. The molecule has 2 unspecified atom stereocenters. The Morgan fingerprint density at radius 2 is 1.80 bits per heavy atom. The first-order valence-electron chi connectivity index (χ1n) is 14.3. The third-order valence-electron chi connectivity index (χ3n) is 7.74. The summed E-state index contributed by atoms with van der Waals surface area (Å²) in [5, 5.41) is 0.674. The summed E-state index contributed by atoms with van der Waals surface area (Å²) in [7, 11) is -0.919. The number of hydrogen-bond acceptors (Lipinski definition) is 7. The summed E-state index contributed by atoms with van der Waals surface area (Å²) in [6, 6.07) is 6.88. The normalized spacial score (nSPS) is 16.0. The topological polar surface area (TPSA) is 131 Å². The highest BCUT2D eigenvalue weighted by molar-refractivity contribution is 7.85.